The molecule has 0 aliphatic rings. The second kappa shape index (κ2) is 13.2. The van der Waals surface area contributed by atoms with Gasteiger partial charge in [-0.15, -0.1) is 0 Å². The number of rotatable bonds is 8. The summed E-state index contributed by atoms with van der Waals surface area (Å²) < 4.78 is 58.9. The summed E-state index contributed by atoms with van der Waals surface area (Å²) in [7, 11) is -8.34. The summed E-state index contributed by atoms with van der Waals surface area (Å²) in [6, 6.07) is 29.7. The van der Waals surface area contributed by atoms with E-state index in [2.05, 4.69) is 66.0 Å². The van der Waals surface area contributed by atoms with Crippen LogP contribution in [0.2, 0.25) is 19.1 Å². The van der Waals surface area contributed by atoms with Crippen molar-refractivity contribution in [1.82, 2.24) is 5.32 Å². The molecule has 0 saturated heterocycles. The number of benzene rings is 3. The molecular formula is C25H28F3NO5S2Si. The first-order valence-electron chi connectivity index (χ1n) is 11.2. The van der Waals surface area contributed by atoms with E-state index in [0.717, 1.165) is 12.5 Å². The SMILES string of the molecule is C[Si](C)(O)CCCNC(=O)c1ccc([S+](c2ccccc2)c2ccccc2)cc1.O=S(=O)([O-])C(F)(F)F. The summed E-state index contributed by atoms with van der Waals surface area (Å²) in [6.07, 6.45) is 0.811. The molecule has 200 valence electrons. The molecule has 0 aliphatic heterocycles. The third-order valence-corrected chi connectivity index (χ3v) is 9.22. The minimum atomic E-state index is -6.09. The molecule has 6 nitrogen and oxygen atoms in total. The second-order valence-electron chi connectivity index (χ2n) is 8.53. The molecule has 0 spiro atoms. The summed E-state index contributed by atoms with van der Waals surface area (Å²) in [5.74, 6) is -0.0618. The van der Waals surface area contributed by atoms with Crippen molar-refractivity contribution in [2.24, 2.45) is 0 Å². The van der Waals surface area contributed by atoms with Gasteiger partial charge >= 0.3 is 5.51 Å². The van der Waals surface area contributed by atoms with Crippen LogP contribution in [0.4, 0.5) is 13.2 Å². The van der Waals surface area contributed by atoms with Gasteiger partial charge in [0.25, 0.3) is 5.91 Å². The number of halogens is 3. The van der Waals surface area contributed by atoms with Crippen molar-refractivity contribution >= 4 is 35.2 Å². The summed E-state index contributed by atoms with van der Waals surface area (Å²) in [6.45, 7) is 4.43. The van der Waals surface area contributed by atoms with E-state index >= 15 is 0 Å². The molecule has 37 heavy (non-hydrogen) atoms. The molecule has 3 aromatic carbocycles. The van der Waals surface area contributed by atoms with Crippen molar-refractivity contribution in [3.05, 3.63) is 90.5 Å². The van der Waals surface area contributed by atoms with Crippen LogP contribution in [0.3, 0.4) is 0 Å². The van der Waals surface area contributed by atoms with E-state index in [4.69, 9.17) is 13.0 Å². The molecular weight excluding hydrogens is 543 g/mol. The van der Waals surface area contributed by atoms with Gasteiger partial charge in [0.2, 0.25) is 0 Å². The summed E-state index contributed by atoms with van der Waals surface area (Å²) >= 11 is 0. The first-order valence-corrected chi connectivity index (χ1v) is 16.9. The van der Waals surface area contributed by atoms with Gasteiger partial charge in [-0.1, -0.05) is 36.4 Å². The maximum Gasteiger partial charge on any atom is 0.485 e. The van der Waals surface area contributed by atoms with Crippen LogP contribution in [-0.4, -0.2) is 44.0 Å². The molecule has 2 N–H and O–H groups in total. The molecule has 0 aromatic heterocycles. The molecule has 3 aromatic rings. The average molecular weight is 572 g/mol. The molecule has 1 amide bonds. The van der Waals surface area contributed by atoms with E-state index in [1.165, 1.54) is 14.7 Å². The Bertz CT molecular complexity index is 1200. The van der Waals surface area contributed by atoms with Crippen molar-refractivity contribution in [1.29, 1.82) is 0 Å². The molecule has 0 bridgehead atoms. The highest BCUT2D eigenvalue weighted by atomic mass is 32.2. The number of carbonyl (C=O) groups excluding carboxylic acids is 1. The molecule has 0 fully saturated rings. The van der Waals surface area contributed by atoms with Crippen molar-refractivity contribution < 1.29 is 35.7 Å². The monoisotopic (exact) mass is 571 g/mol. The molecule has 12 heteroatoms. The Labute approximate surface area is 218 Å². The van der Waals surface area contributed by atoms with Gasteiger partial charge in [0, 0.05) is 12.1 Å². The molecule has 0 aliphatic carbocycles. The normalized spacial score (nSPS) is 12.0. The predicted octanol–water partition coefficient (Wildman–Crippen LogP) is 5.15. The Kier molecular flexibility index (Phi) is 10.9. The predicted molar refractivity (Wildman–Crippen MR) is 139 cm³/mol. The highest BCUT2D eigenvalue weighted by molar-refractivity contribution is 7.97. The van der Waals surface area contributed by atoms with Gasteiger partial charge in [0.05, 0.1) is 10.9 Å². The first-order chi connectivity index (χ1) is 17.2. The minimum Gasteiger partial charge on any atom is -0.741 e. The van der Waals surface area contributed by atoms with E-state index in [-0.39, 0.29) is 16.8 Å². The van der Waals surface area contributed by atoms with Crippen LogP contribution in [-0.2, 0) is 21.0 Å². The van der Waals surface area contributed by atoms with E-state index in [9.17, 15) is 22.8 Å². The number of nitrogens with one attached hydrogen (secondary N) is 1. The third kappa shape index (κ3) is 10.3. The molecule has 0 atom stereocenters. The quantitative estimate of drug-likeness (QED) is 0.128. The highest BCUT2D eigenvalue weighted by Crippen LogP contribution is 2.31. The van der Waals surface area contributed by atoms with Crippen molar-refractivity contribution in [2.45, 2.75) is 45.8 Å². The lowest BCUT2D eigenvalue weighted by Gasteiger charge is -2.13. The van der Waals surface area contributed by atoms with Crippen LogP contribution in [0.25, 0.3) is 0 Å². The van der Waals surface area contributed by atoms with Crippen molar-refractivity contribution in [3.8, 4) is 0 Å². The fraction of sp³-hybridized carbons (Fsp3) is 0.240. The van der Waals surface area contributed by atoms with Gasteiger partial charge in [-0.3, -0.25) is 4.79 Å². The molecule has 0 unspecified atom stereocenters. The largest absolute Gasteiger partial charge is 0.741 e. The maximum atomic E-state index is 12.4. The fourth-order valence-corrected chi connectivity index (χ4v) is 6.21. The van der Waals surface area contributed by atoms with Crippen LogP contribution in [0, 0.1) is 0 Å². The van der Waals surface area contributed by atoms with E-state index < -0.39 is 23.9 Å². The van der Waals surface area contributed by atoms with Gasteiger partial charge in [0.1, 0.15) is 0 Å². The van der Waals surface area contributed by atoms with E-state index in [0.29, 0.717) is 12.1 Å². The number of hydrogen-bond donors (Lipinski definition) is 2. The minimum absolute atomic E-state index is 0.0618. The molecule has 0 radical (unpaired) electrons. The third-order valence-electron chi connectivity index (χ3n) is 4.84. The highest BCUT2D eigenvalue weighted by Gasteiger charge is 2.37. The fourth-order valence-electron chi connectivity index (χ4n) is 3.09. The number of carbonyl (C=O) groups is 1. The number of alkyl halides is 3. The van der Waals surface area contributed by atoms with Crippen LogP contribution < -0.4 is 5.32 Å². The zero-order chi connectivity index (χ0) is 27.7. The lowest BCUT2D eigenvalue weighted by molar-refractivity contribution is -0.0517. The van der Waals surface area contributed by atoms with E-state index in [1.807, 2.05) is 37.4 Å². The van der Waals surface area contributed by atoms with Gasteiger partial charge in [-0.05, 0) is 74.1 Å². The topological polar surface area (TPSA) is 107 Å². The summed E-state index contributed by atoms with van der Waals surface area (Å²) in [5.41, 5.74) is -4.98. The standard InChI is InChI=1S/C24H27NO2SSi.CHF3O3S/c1-29(2,27)19-9-18-25-24(26)20-14-16-23(17-15-20)28(21-10-5-3-6-11-21)22-12-7-4-8-13-22;2-1(3,4)8(5,6)7/h3-8,10-17,27H,9,18-19H2,1-2H3;(H,5,6,7). The zero-order valence-electron chi connectivity index (χ0n) is 20.2. The van der Waals surface area contributed by atoms with Crippen molar-refractivity contribution in [3.63, 3.8) is 0 Å². The number of hydrogen-bond acceptors (Lipinski definition) is 5. The second-order valence-corrected chi connectivity index (χ2v) is 16.1. The Morgan fingerprint density at radius 3 is 1.68 bits per heavy atom. The van der Waals surface area contributed by atoms with Crippen LogP contribution >= 0.6 is 0 Å². The smallest absolute Gasteiger partial charge is 0.485 e. The average Bonchev–Trinajstić information content (AvgIpc) is 2.82. The van der Waals surface area contributed by atoms with Gasteiger partial charge in [0.15, 0.2) is 33.1 Å². The Balaban J connectivity index is 0.000000521. The lowest BCUT2D eigenvalue weighted by atomic mass is 10.2. The zero-order valence-corrected chi connectivity index (χ0v) is 22.9. The van der Waals surface area contributed by atoms with Crippen LogP contribution in [0.15, 0.2) is 99.6 Å². The van der Waals surface area contributed by atoms with Gasteiger partial charge < -0.3 is 14.7 Å². The Morgan fingerprint density at radius 1 is 0.892 bits per heavy atom. The summed E-state index contributed by atoms with van der Waals surface area (Å²) in [5, 5.41) is 2.96. The van der Waals surface area contributed by atoms with Crippen LogP contribution in [0.1, 0.15) is 16.8 Å². The summed E-state index contributed by atoms with van der Waals surface area (Å²) in [4.78, 5) is 26.0. The van der Waals surface area contributed by atoms with Crippen LogP contribution in [0.5, 0.6) is 0 Å². The van der Waals surface area contributed by atoms with Gasteiger partial charge in [-0.25, -0.2) is 8.42 Å². The maximum absolute atomic E-state index is 12.4. The van der Waals surface area contributed by atoms with Crippen molar-refractivity contribution in [2.75, 3.05) is 6.54 Å². The molecule has 0 saturated carbocycles. The first kappa shape index (κ1) is 30.6. The van der Waals surface area contributed by atoms with Gasteiger partial charge in [-0.2, -0.15) is 13.2 Å². The van der Waals surface area contributed by atoms with E-state index in [1.54, 1.807) is 0 Å². The molecule has 0 heterocycles. The Morgan fingerprint density at radius 2 is 1.30 bits per heavy atom. The lowest BCUT2D eigenvalue weighted by Crippen LogP contribution is -2.29. The molecule has 3 rings (SSSR count). The number of amides is 1. The Hall–Kier alpha value is -2.64.